The Balaban J connectivity index is 1.93. The molecule has 1 unspecified atom stereocenters. The highest BCUT2D eigenvalue weighted by Gasteiger charge is 2.30. The molecule has 0 amide bonds. The van der Waals surface area contributed by atoms with Crippen LogP contribution < -0.4 is 4.74 Å². The van der Waals surface area contributed by atoms with Crippen molar-refractivity contribution < 1.29 is 9.13 Å². The molecule has 0 aromatic heterocycles. The van der Waals surface area contributed by atoms with E-state index in [0.717, 1.165) is 23.3 Å². The first-order valence-electron chi connectivity index (χ1n) is 6.76. The maximum absolute atomic E-state index is 13.4. The second kappa shape index (κ2) is 5.40. The number of hydrogen-bond donors (Lipinski definition) is 0. The summed E-state index contributed by atoms with van der Waals surface area (Å²) < 4.78 is 19.7. The van der Waals surface area contributed by atoms with Crippen molar-refractivity contribution in [2.45, 2.75) is 30.7 Å². The van der Waals surface area contributed by atoms with Crippen LogP contribution in [0, 0.1) is 5.82 Å². The molecule has 0 N–H and O–H groups in total. The molecule has 1 atom stereocenters. The quantitative estimate of drug-likeness (QED) is 0.566. The molecule has 0 radical (unpaired) electrons. The van der Waals surface area contributed by atoms with Gasteiger partial charge in [-0.25, -0.2) is 4.39 Å². The normalized spacial score (nSPS) is 17.2. The van der Waals surface area contributed by atoms with E-state index in [2.05, 4.69) is 57.8 Å². The van der Waals surface area contributed by atoms with Gasteiger partial charge in [0.2, 0.25) is 0 Å². The molecule has 0 fully saturated rings. The SMILES string of the molecule is CC1(C)Cc2cc(C(Br)c3ccc(F)c(Br)c3)ccc2O1. The number of rotatable bonds is 2. The third kappa shape index (κ3) is 3.02. The summed E-state index contributed by atoms with van der Waals surface area (Å²) in [4.78, 5) is 0.0309. The van der Waals surface area contributed by atoms with Crippen LogP contribution in [-0.2, 0) is 6.42 Å². The van der Waals surface area contributed by atoms with Gasteiger partial charge in [-0.15, -0.1) is 0 Å². The first-order chi connectivity index (χ1) is 9.85. The Morgan fingerprint density at radius 1 is 1.14 bits per heavy atom. The highest BCUT2D eigenvalue weighted by molar-refractivity contribution is 9.10. The van der Waals surface area contributed by atoms with Crippen LogP contribution in [-0.4, -0.2) is 5.60 Å². The molecule has 0 saturated carbocycles. The zero-order valence-corrected chi connectivity index (χ0v) is 15.0. The lowest BCUT2D eigenvalue weighted by Gasteiger charge is -2.16. The molecule has 1 aliphatic rings. The summed E-state index contributed by atoms with van der Waals surface area (Å²) in [5, 5.41) is 0. The van der Waals surface area contributed by atoms with Gasteiger partial charge in [-0.1, -0.05) is 34.1 Å². The highest BCUT2D eigenvalue weighted by Crippen LogP contribution is 2.39. The lowest BCUT2D eigenvalue weighted by Crippen LogP contribution is -2.24. The molecule has 1 aliphatic heterocycles. The van der Waals surface area contributed by atoms with Gasteiger partial charge < -0.3 is 4.74 Å². The average Bonchev–Trinajstić information content (AvgIpc) is 2.73. The molecule has 0 aliphatic carbocycles. The van der Waals surface area contributed by atoms with Crippen LogP contribution in [0.15, 0.2) is 40.9 Å². The molecule has 110 valence electrons. The van der Waals surface area contributed by atoms with Gasteiger partial charge in [0.25, 0.3) is 0 Å². The topological polar surface area (TPSA) is 9.23 Å². The van der Waals surface area contributed by atoms with Crippen LogP contribution in [0.5, 0.6) is 5.75 Å². The summed E-state index contributed by atoms with van der Waals surface area (Å²) in [6.07, 6.45) is 0.906. The number of hydrogen-bond acceptors (Lipinski definition) is 1. The third-order valence-corrected chi connectivity index (χ3v) is 5.28. The molecule has 21 heavy (non-hydrogen) atoms. The molecule has 0 bridgehead atoms. The fourth-order valence-electron chi connectivity index (χ4n) is 2.65. The van der Waals surface area contributed by atoms with Crippen molar-refractivity contribution in [3.63, 3.8) is 0 Å². The molecule has 4 heteroatoms. The Bertz CT molecular complexity index is 697. The van der Waals surface area contributed by atoms with Crippen molar-refractivity contribution >= 4 is 31.9 Å². The van der Waals surface area contributed by atoms with E-state index in [1.165, 1.54) is 11.6 Å². The fourth-order valence-corrected chi connectivity index (χ4v) is 3.62. The van der Waals surface area contributed by atoms with Crippen LogP contribution in [0.4, 0.5) is 4.39 Å². The minimum atomic E-state index is -0.248. The first-order valence-corrected chi connectivity index (χ1v) is 8.47. The number of benzene rings is 2. The molecule has 2 aromatic carbocycles. The van der Waals surface area contributed by atoms with Gasteiger partial charge in [0.15, 0.2) is 0 Å². The van der Waals surface area contributed by atoms with E-state index in [9.17, 15) is 4.39 Å². The molecule has 1 heterocycles. The lowest BCUT2D eigenvalue weighted by molar-refractivity contribution is 0.138. The zero-order chi connectivity index (χ0) is 15.2. The minimum absolute atomic E-state index is 0.0309. The number of alkyl halides is 1. The standard InChI is InChI=1S/C17H15Br2FO/c1-17(2)9-12-7-10(4-6-15(12)21-17)16(19)11-3-5-14(20)13(18)8-11/h3-8,16H,9H2,1-2H3. The maximum Gasteiger partial charge on any atom is 0.137 e. The van der Waals surface area contributed by atoms with Crippen LogP contribution in [0.1, 0.15) is 35.4 Å². The van der Waals surface area contributed by atoms with Crippen molar-refractivity contribution in [3.05, 3.63) is 63.4 Å². The smallest absolute Gasteiger partial charge is 0.137 e. The van der Waals surface area contributed by atoms with Gasteiger partial charge in [0.05, 0.1) is 9.30 Å². The molecule has 0 spiro atoms. The molecule has 0 saturated heterocycles. The number of ether oxygens (including phenoxy) is 1. The molecule has 1 nitrogen and oxygen atoms in total. The van der Waals surface area contributed by atoms with E-state index < -0.39 is 0 Å². The third-order valence-electron chi connectivity index (χ3n) is 3.62. The summed E-state index contributed by atoms with van der Waals surface area (Å²) in [5.74, 6) is 0.714. The van der Waals surface area contributed by atoms with Gasteiger partial charge in [0.1, 0.15) is 17.2 Å². The van der Waals surface area contributed by atoms with E-state index >= 15 is 0 Å². The van der Waals surface area contributed by atoms with Gasteiger partial charge in [0, 0.05) is 6.42 Å². The number of fused-ring (bicyclic) bond motifs is 1. The molecule has 2 aromatic rings. The Morgan fingerprint density at radius 2 is 1.81 bits per heavy atom. The molecular formula is C17H15Br2FO. The summed E-state index contributed by atoms with van der Waals surface area (Å²) in [7, 11) is 0. The molecule has 3 rings (SSSR count). The molecular weight excluding hydrogens is 399 g/mol. The van der Waals surface area contributed by atoms with Crippen LogP contribution in [0.25, 0.3) is 0 Å². The van der Waals surface area contributed by atoms with Gasteiger partial charge in [-0.3, -0.25) is 0 Å². The maximum atomic E-state index is 13.4. The predicted molar refractivity (Wildman–Crippen MR) is 89.7 cm³/mol. The largest absolute Gasteiger partial charge is 0.487 e. The van der Waals surface area contributed by atoms with Gasteiger partial charge in [-0.05, 0) is 64.7 Å². The monoisotopic (exact) mass is 412 g/mol. The van der Waals surface area contributed by atoms with Crippen molar-refractivity contribution in [1.82, 2.24) is 0 Å². The summed E-state index contributed by atoms with van der Waals surface area (Å²) in [6, 6.07) is 11.3. The highest BCUT2D eigenvalue weighted by atomic mass is 79.9. The average molecular weight is 414 g/mol. The summed E-state index contributed by atoms with van der Waals surface area (Å²) in [5.41, 5.74) is 3.25. The first kappa shape index (κ1) is 15.0. The van der Waals surface area contributed by atoms with Crippen LogP contribution >= 0.6 is 31.9 Å². The second-order valence-corrected chi connectivity index (χ2v) is 7.71. The van der Waals surface area contributed by atoms with Crippen LogP contribution in [0.2, 0.25) is 0 Å². The minimum Gasteiger partial charge on any atom is -0.487 e. The van der Waals surface area contributed by atoms with E-state index in [-0.39, 0.29) is 16.2 Å². The zero-order valence-electron chi connectivity index (χ0n) is 11.8. The van der Waals surface area contributed by atoms with Crippen LogP contribution in [0.3, 0.4) is 0 Å². The van der Waals surface area contributed by atoms with Crippen molar-refractivity contribution in [2.75, 3.05) is 0 Å². The number of halogens is 3. The van der Waals surface area contributed by atoms with Gasteiger partial charge >= 0.3 is 0 Å². The van der Waals surface area contributed by atoms with E-state index in [4.69, 9.17) is 4.74 Å². The summed E-state index contributed by atoms with van der Waals surface area (Å²) in [6.45, 7) is 4.19. The second-order valence-electron chi connectivity index (χ2n) is 5.94. The Labute approximate surface area is 140 Å². The predicted octanol–water partition coefficient (Wildman–Crippen LogP) is 5.79. The van der Waals surface area contributed by atoms with Crippen molar-refractivity contribution in [1.29, 1.82) is 0 Å². The van der Waals surface area contributed by atoms with E-state index in [1.54, 1.807) is 6.07 Å². The van der Waals surface area contributed by atoms with Crippen molar-refractivity contribution in [2.24, 2.45) is 0 Å². The van der Waals surface area contributed by atoms with Gasteiger partial charge in [-0.2, -0.15) is 0 Å². The Kier molecular flexibility index (Phi) is 3.87. The fraction of sp³-hybridized carbons (Fsp3) is 0.294. The van der Waals surface area contributed by atoms with Crippen molar-refractivity contribution in [3.8, 4) is 5.75 Å². The Hall–Kier alpha value is -0.870. The Morgan fingerprint density at radius 3 is 2.52 bits per heavy atom. The summed E-state index contributed by atoms with van der Waals surface area (Å²) >= 11 is 6.94. The lowest BCUT2D eigenvalue weighted by atomic mass is 9.98. The van der Waals surface area contributed by atoms with E-state index in [0.29, 0.717) is 4.47 Å². The van der Waals surface area contributed by atoms with E-state index in [1.807, 2.05) is 12.1 Å².